The second-order valence-electron chi connectivity index (χ2n) is 4.52. The molecule has 0 bridgehead atoms. The maximum atomic E-state index is 4.40. The number of aromatic nitrogens is 3. The standard InChI is InChI=1S/C13H15N5/c1-10-7-14-13(15-10)12-9-18(17-16-12)8-11-5-3-2-4-6-11/h2-6,9-10H,7-8H2,1H3,(H,14,15)/t10-/m1/s1. The molecule has 0 amide bonds. The van der Waals surface area contributed by atoms with Crippen molar-refractivity contribution >= 4 is 5.84 Å². The average Bonchev–Trinajstić information content (AvgIpc) is 2.99. The van der Waals surface area contributed by atoms with Crippen molar-refractivity contribution < 1.29 is 0 Å². The largest absolute Gasteiger partial charge is 0.364 e. The van der Waals surface area contributed by atoms with Gasteiger partial charge in [0.05, 0.1) is 19.3 Å². The van der Waals surface area contributed by atoms with Crippen LogP contribution in [0.1, 0.15) is 18.2 Å². The van der Waals surface area contributed by atoms with Crippen LogP contribution in [0.4, 0.5) is 0 Å². The summed E-state index contributed by atoms with van der Waals surface area (Å²) >= 11 is 0. The Morgan fingerprint density at radius 3 is 2.89 bits per heavy atom. The first-order valence-electron chi connectivity index (χ1n) is 6.07. The van der Waals surface area contributed by atoms with Crippen LogP contribution in [0.25, 0.3) is 0 Å². The monoisotopic (exact) mass is 241 g/mol. The lowest BCUT2D eigenvalue weighted by atomic mass is 10.2. The molecule has 0 radical (unpaired) electrons. The van der Waals surface area contributed by atoms with Gasteiger partial charge in [-0.2, -0.15) is 0 Å². The van der Waals surface area contributed by atoms with Gasteiger partial charge in [-0.15, -0.1) is 5.10 Å². The first-order valence-corrected chi connectivity index (χ1v) is 6.07. The van der Waals surface area contributed by atoms with E-state index in [1.54, 1.807) is 0 Å². The molecule has 3 rings (SSSR count). The SMILES string of the molecule is C[C@@H]1CN=C(c2cn(Cc3ccccc3)nn2)N1. The third kappa shape index (κ3) is 2.25. The number of benzene rings is 1. The number of amidine groups is 1. The molecule has 2 aromatic rings. The summed E-state index contributed by atoms with van der Waals surface area (Å²) in [5.74, 6) is 0.849. The van der Waals surface area contributed by atoms with Gasteiger partial charge < -0.3 is 5.32 Å². The van der Waals surface area contributed by atoms with Crippen LogP contribution in [0.5, 0.6) is 0 Å². The van der Waals surface area contributed by atoms with Crippen molar-refractivity contribution in [3.63, 3.8) is 0 Å². The minimum Gasteiger partial charge on any atom is -0.364 e. The third-order valence-corrected chi connectivity index (χ3v) is 2.88. The van der Waals surface area contributed by atoms with E-state index in [1.807, 2.05) is 29.1 Å². The van der Waals surface area contributed by atoms with Crippen molar-refractivity contribution in [2.24, 2.45) is 4.99 Å². The van der Waals surface area contributed by atoms with E-state index < -0.39 is 0 Å². The second-order valence-corrected chi connectivity index (χ2v) is 4.52. The molecule has 0 saturated heterocycles. The minimum absolute atomic E-state index is 0.388. The Hall–Kier alpha value is -2.17. The first kappa shape index (κ1) is 11.0. The zero-order valence-electron chi connectivity index (χ0n) is 10.2. The Kier molecular flexibility index (Phi) is 2.80. The van der Waals surface area contributed by atoms with Crippen molar-refractivity contribution in [2.75, 3.05) is 6.54 Å². The van der Waals surface area contributed by atoms with E-state index in [1.165, 1.54) is 5.56 Å². The maximum absolute atomic E-state index is 4.40. The van der Waals surface area contributed by atoms with E-state index in [4.69, 9.17) is 0 Å². The lowest BCUT2D eigenvalue weighted by molar-refractivity contribution is 0.649. The highest BCUT2D eigenvalue weighted by molar-refractivity contribution is 5.98. The predicted octanol–water partition coefficient (Wildman–Crippen LogP) is 1.06. The van der Waals surface area contributed by atoms with Gasteiger partial charge in [-0.1, -0.05) is 35.5 Å². The van der Waals surface area contributed by atoms with E-state index in [-0.39, 0.29) is 0 Å². The van der Waals surface area contributed by atoms with Crippen LogP contribution in [0.15, 0.2) is 41.5 Å². The fourth-order valence-corrected chi connectivity index (χ4v) is 1.96. The Bertz CT molecular complexity index is 558. The molecule has 0 saturated carbocycles. The smallest absolute Gasteiger partial charge is 0.151 e. The highest BCUT2D eigenvalue weighted by atomic mass is 15.4. The van der Waals surface area contributed by atoms with Crippen molar-refractivity contribution in [1.29, 1.82) is 0 Å². The number of hydrogen-bond donors (Lipinski definition) is 1. The van der Waals surface area contributed by atoms with E-state index >= 15 is 0 Å². The zero-order chi connectivity index (χ0) is 12.4. The molecule has 1 aliphatic heterocycles. The van der Waals surface area contributed by atoms with Crippen LogP contribution >= 0.6 is 0 Å². The van der Waals surface area contributed by atoms with Crippen LogP contribution in [0.2, 0.25) is 0 Å². The number of aliphatic imine (C=N–C) groups is 1. The molecule has 1 aromatic carbocycles. The fraction of sp³-hybridized carbons (Fsp3) is 0.308. The summed E-state index contributed by atoms with van der Waals surface area (Å²) in [6, 6.07) is 10.6. The highest BCUT2D eigenvalue weighted by Crippen LogP contribution is 2.05. The molecule has 5 heteroatoms. The molecular formula is C13H15N5. The topological polar surface area (TPSA) is 55.1 Å². The van der Waals surface area contributed by atoms with Crippen molar-refractivity contribution in [3.05, 3.63) is 47.8 Å². The summed E-state index contributed by atoms with van der Waals surface area (Å²) in [5.41, 5.74) is 2.03. The van der Waals surface area contributed by atoms with E-state index in [9.17, 15) is 0 Å². The van der Waals surface area contributed by atoms with Gasteiger partial charge in [-0.25, -0.2) is 4.68 Å². The Morgan fingerprint density at radius 1 is 1.33 bits per heavy atom. The molecule has 1 N–H and O–H groups in total. The van der Waals surface area contributed by atoms with Gasteiger partial charge in [-0.3, -0.25) is 4.99 Å². The van der Waals surface area contributed by atoms with E-state index in [0.717, 1.165) is 24.6 Å². The summed E-state index contributed by atoms with van der Waals surface area (Å²) in [6.07, 6.45) is 1.93. The molecule has 18 heavy (non-hydrogen) atoms. The molecule has 2 heterocycles. The Morgan fingerprint density at radius 2 is 2.17 bits per heavy atom. The average molecular weight is 241 g/mol. The Balaban J connectivity index is 1.74. The third-order valence-electron chi connectivity index (χ3n) is 2.88. The molecule has 0 spiro atoms. The van der Waals surface area contributed by atoms with Gasteiger partial charge in [0.15, 0.2) is 5.84 Å². The number of rotatable bonds is 3. The minimum atomic E-state index is 0.388. The van der Waals surface area contributed by atoms with Gasteiger partial charge in [0.2, 0.25) is 0 Å². The number of nitrogens with zero attached hydrogens (tertiary/aromatic N) is 4. The molecule has 0 aliphatic carbocycles. The van der Waals surface area contributed by atoms with Crippen LogP contribution in [-0.2, 0) is 6.54 Å². The normalized spacial score (nSPS) is 18.5. The van der Waals surface area contributed by atoms with Gasteiger partial charge >= 0.3 is 0 Å². The van der Waals surface area contributed by atoms with Crippen molar-refractivity contribution in [2.45, 2.75) is 19.5 Å². The lowest BCUT2D eigenvalue weighted by Gasteiger charge is -2.02. The number of hydrogen-bond acceptors (Lipinski definition) is 4. The maximum Gasteiger partial charge on any atom is 0.151 e. The van der Waals surface area contributed by atoms with Crippen LogP contribution in [-0.4, -0.2) is 33.4 Å². The molecule has 0 fully saturated rings. The Labute approximate surface area is 106 Å². The molecule has 0 unspecified atom stereocenters. The van der Waals surface area contributed by atoms with Gasteiger partial charge in [0.25, 0.3) is 0 Å². The number of nitrogens with one attached hydrogen (secondary N) is 1. The first-order chi connectivity index (χ1) is 8.81. The van der Waals surface area contributed by atoms with Crippen LogP contribution < -0.4 is 5.32 Å². The van der Waals surface area contributed by atoms with Gasteiger partial charge in [0.1, 0.15) is 5.69 Å². The highest BCUT2D eigenvalue weighted by Gasteiger charge is 2.16. The fourth-order valence-electron chi connectivity index (χ4n) is 1.96. The lowest BCUT2D eigenvalue weighted by Crippen LogP contribution is -2.27. The predicted molar refractivity (Wildman–Crippen MR) is 69.6 cm³/mol. The van der Waals surface area contributed by atoms with E-state index in [2.05, 4.69) is 39.7 Å². The van der Waals surface area contributed by atoms with Crippen molar-refractivity contribution in [1.82, 2.24) is 20.3 Å². The van der Waals surface area contributed by atoms with Gasteiger partial charge in [0, 0.05) is 6.04 Å². The summed E-state index contributed by atoms with van der Waals surface area (Å²) in [6.45, 7) is 3.64. The van der Waals surface area contributed by atoms with Crippen LogP contribution in [0.3, 0.4) is 0 Å². The van der Waals surface area contributed by atoms with Gasteiger partial charge in [-0.05, 0) is 12.5 Å². The summed E-state index contributed by atoms with van der Waals surface area (Å²) < 4.78 is 1.83. The summed E-state index contributed by atoms with van der Waals surface area (Å²) in [5, 5.41) is 11.6. The van der Waals surface area contributed by atoms with E-state index in [0.29, 0.717) is 6.04 Å². The second kappa shape index (κ2) is 4.60. The summed E-state index contributed by atoms with van der Waals surface area (Å²) in [7, 11) is 0. The summed E-state index contributed by atoms with van der Waals surface area (Å²) in [4.78, 5) is 4.40. The molecule has 1 atom stereocenters. The molecule has 92 valence electrons. The quantitative estimate of drug-likeness (QED) is 0.874. The van der Waals surface area contributed by atoms with Crippen LogP contribution in [0, 0.1) is 0 Å². The molecule has 1 aliphatic rings. The van der Waals surface area contributed by atoms with Crippen molar-refractivity contribution in [3.8, 4) is 0 Å². The molecule has 5 nitrogen and oxygen atoms in total. The molecule has 1 aromatic heterocycles. The molecular weight excluding hydrogens is 226 g/mol. The zero-order valence-corrected chi connectivity index (χ0v) is 10.2.